The number of carbonyl (C=O) groups excluding carboxylic acids is 1. The van der Waals surface area contributed by atoms with Gasteiger partial charge >= 0.3 is 0 Å². The highest BCUT2D eigenvalue weighted by atomic mass is 32.1. The van der Waals surface area contributed by atoms with Crippen LogP contribution < -0.4 is 5.32 Å². The van der Waals surface area contributed by atoms with Crippen LogP contribution in [0.15, 0.2) is 22.5 Å². The molecule has 0 aliphatic rings. The smallest absolute Gasteiger partial charge is 0.270 e. The zero-order valence-electron chi connectivity index (χ0n) is 17.2. The molecule has 0 fully saturated rings. The van der Waals surface area contributed by atoms with E-state index in [9.17, 15) is 4.79 Å². The molecule has 0 unspecified atom stereocenters. The van der Waals surface area contributed by atoms with Crippen LogP contribution in [-0.4, -0.2) is 42.3 Å². The summed E-state index contributed by atoms with van der Waals surface area (Å²) in [5, 5.41) is 5.71. The van der Waals surface area contributed by atoms with Crippen molar-refractivity contribution < 1.29 is 4.79 Å². The molecular formula is C21H30N4OS. The summed E-state index contributed by atoms with van der Waals surface area (Å²) in [7, 11) is 2.01. The predicted octanol–water partition coefficient (Wildman–Crippen LogP) is 4.35. The summed E-state index contributed by atoms with van der Waals surface area (Å²) < 4.78 is 0. The number of aromatic nitrogens is 1. The molecule has 1 heterocycles. The summed E-state index contributed by atoms with van der Waals surface area (Å²) in [5.41, 5.74) is 5.05. The van der Waals surface area contributed by atoms with Crippen LogP contribution in [0.25, 0.3) is 0 Å². The van der Waals surface area contributed by atoms with Crippen molar-refractivity contribution in [2.45, 2.75) is 41.0 Å². The highest BCUT2D eigenvalue weighted by molar-refractivity contribution is 7.09. The van der Waals surface area contributed by atoms with E-state index in [1.54, 1.807) is 0 Å². The summed E-state index contributed by atoms with van der Waals surface area (Å²) in [6, 6.07) is 4.29. The van der Waals surface area contributed by atoms with Crippen LogP contribution in [0.3, 0.4) is 0 Å². The van der Waals surface area contributed by atoms with E-state index in [0.29, 0.717) is 18.2 Å². The first-order valence-electron chi connectivity index (χ1n) is 9.37. The summed E-state index contributed by atoms with van der Waals surface area (Å²) in [6.45, 7) is 12.0. The SMILES string of the molecule is CCN(C)/C=N/c1cc(C)c(Cc2nc(C(=O)NCC(C)C)cs2)cc1C. The van der Waals surface area contributed by atoms with Crippen LogP contribution in [0.2, 0.25) is 0 Å². The Morgan fingerprint density at radius 2 is 2.07 bits per heavy atom. The quantitative estimate of drug-likeness (QED) is 0.542. The molecule has 0 radical (unpaired) electrons. The molecule has 2 rings (SSSR count). The van der Waals surface area contributed by atoms with Gasteiger partial charge in [0.2, 0.25) is 0 Å². The number of nitrogens with one attached hydrogen (secondary N) is 1. The molecule has 0 aliphatic heterocycles. The third kappa shape index (κ3) is 6.17. The predicted molar refractivity (Wildman–Crippen MR) is 114 cm³/mol. The minimum absolute atomic E-state index is 0.0937. The Hall–Kier alpha value is -2.21. The van der Waals surface area contributed by atoms with Gasteiger partial charge in [0.1, 0.15) is 5.69 Å². The monoisotopic (exact) mass is 386 g/mol. The zero-order valence-corrected chi connectivity index (χ0v) is 18.0. The first-order chi connectivity index (χ1) is 12.8. The van der Waals surface area contributed by atoms with Gasteiger partial charge in [0.25, 0.3) is 5.91 Å². The van der Waals surface area contributed by atoms with Gasteiger partial charge in [-0.15, -0.1) is 11.3 Å². The van der Waals surface area contributed by atoms with Gasteiger partial charge in [-0.3, -0.25) is 4.79 Å². The highest BCUT2D eigenvalue weighted by Gasteiger charge is 2.12. The number of benzene rings is 1. The van der Waals surface area contributed by atoms with Gasteiger partial charge in [-0.1, -0.05) is 19.9 Å². The van der Waals surface area contributed by atoms with Crippen LogP contribution in [0.1, 0.15) is 53.0 Å². The van der Waals surface area contributed by atoms with E-state index in [-0.39, 0.29) is 5.91 Å². The normalized spacial score (nSPS) is 11.4. The summed E-state index contributed by atoms with van der Waals surface area (Å²) in [5.74, 6) is 0.333. The third-order valence-corrected chi connectivity index (χ3v) is 5.19. The Balaban J connectivity index is 2.11. The van der Waals surface area contributed by atoms with Gasteiger partial charge < -0.3 is 10.2 Å². The molecule has 0 saturated heterocycles. The molecule has 1 aromatic heterocycles. The number of nitrogens with zero attached hydrogens (tertiary/aromatic N) is 3. The first-order valence-corrected chi connectivity index (χ1v) is 10.2. The lowest BCUT2D eigenvalue weighted by Crippen LogP contribution is -2.27. The number of amides is 1. The van der Waals surface area contributed by atoms with Gasteiger partial charge in [0.05, 0.1) is 17.0 Å². The van der Waals surface area contributed by atoms with E-state index >= 15 is 0 Å². The Morgan fingerprint density at radius 3 is 2.74 bits per heavy atom. The number of rotatable bonds is 8. The van der Waals surface area contributed by atoms with Gasteiger partial charge in [-0.25, -0.2) is 9.98 Å². The van der Waals surface area contributed by atoms with Crippen molar-refractivity contribution in [1.29, 1.82) is 0 Å². The molecule has 0 saturated carbocycles. The van der Waals surface area contributed by atoms with Crippen LogP contribution >= 0.6 is 11.3 Å². The van der Waals surface area contributed by atoms with Crippen molar-refractivity contribution in [3.63, 3.8) is 0 Å². The number of hydrogen-bond donors (Lipinski definition) is 1. The van der Waals surface area contributed by atoms with Crippen molar-refractivity contribution in [3.05, 3.63) is 44.9 Å². The third-order valence-electron chi connectivity index (χ3n) is 4.34. The number of aryl methyl sites for hydroxylation is 2. The number of aliphatic imine (C=N–C) groups is 1. The van der Waals surface area contributed by atoms with Crippen molar-refractivity contribution >= 4 is 29.3 Å². The molecule has 5 nitrogen and oxygen atoms in total. The average Bonchev–Trinajstić information content (AvgIpc) is 3.09. The van der Waals surface area contributed by atoms with E-state index in [2.05, 4.69) is 62.0 Å². The molecule has 0 atom stereocenters. The summed E-state index contributed by atoms with van der Waals surface area (Å²) >= 11 is 1.53. The Morgan fingerprint density at radius 1 is 1.33 bits per heavy atom. The number of carbonyl (C=O) groups is 1. The maximum atomic E-state index is 12.1. The van der Waals surface area contributed by atoms with E-state index in [1.165, 1.54) is 22.5 Å². The molecular weight excluding hydrogens is 356 g/mol. The van der Waals surface area contributed by atoms with E-state index in [0.717, 1.165) is 29.2 Å². The number of hydrogen-bond acceptors (Lipinski definition) is 4. The van der Waals surface area contributed by atoms with Gasteiger partial charge in [0.15, 0.2) is 0 Å². The molecule has 0 spiro atoms. The second-order valence-electron chi connectivity index (χ2n) is 7.29. The van der Waals surface area contributed by atoms with Crippen molar-refractivity contribution in [2.24, 2.45) is 10.9 Å². The molecule has 1 aromatic carbocycles. The van der Waals surface area contributed by atoms with Crippen molar-refractivity contribution in [3.8, 4) is 0 Å². The fourth-order valence-corrected chi connectivity index (χ4v) is 3.28. The Kier molecular flexibility index (Phi) is 7.54. The van der Waals surface area contributed by atoms with E-state index in [1.807, 2.05) is 23.7 Å². The standard InChI is InChI=1S/C21H30N4OS/c1-7-25(6)13-23-18-9-15(4)17(8-16(18)5)10-20-24-19(12-27-20)21(26)22-11-14(2)3/h8-9,12-14H,7,10-11H2,1-6H3,(H,22,26)/b23-13+. The van der Waals surface area contributed by atoms with Crippen LogP contribution in [0.4, 0.5) is 5.69 Å². The molecule has 146 valence electrons. The second-order valence-corrected chi connectivity index (χ2v) is 8.23. The molecule has 0 aliphatic carbocycles. The lowest BCUT2D eigenvalue weighted by molar-refractivity contribution is 0.0944. The van der Waals surface area contributed by atoms with Crippen molar-refractivity contribution in [1.82, 2.24) is 15.2 Å². The zero-order chi connectivity index (χ0) is 20.0. The fraction of sp³-hybridized carbons (Fsp3) is 0.476. The van der Waals surface area contributed by atoms with Crippen LogP contribution in [0.5, 0.6) is 0 Å². The van der Waals surface area contributed by atoms with Gasteiger partial charge in [0, 0.05) is 31.9 Å². The molecule has 27 heavy (non-hydrogen) atoms. The average molecular weight is 387 g/mol. The van der Waals surface area contributed by atoms with Gasteiger partial charge in [-0.05, 0) is 49.4 Å². The molecule has 1 amide bonds. The first kappa shape index (κ1) is 21.1. The van der Waals surface area contributed by atoms with Crippen LogP contribution in [0, 0.1) is 19.8 Å². The lowest BCUT2D eigenvalue weighted by atomic mass is 10.0. The fourth-order valence-electron chi connectivity index (χ4n) is 2.48. The highest BCUT2D eigenvalue weighted by Crippen LogP contribution is 2.25. The summed E-state index contributed by atoms with van der Waals surface area (Å²) in [4.78, 5) is 23.3. The topological polar surface area (TPSA) is 57.6 Å². The van der Waals surface area contributed by atoms with Gasteiger partial charge in [-0.2, -0.15) is 0 Å². The van der Waals surface area contributed by atoms with E-state index < -0.39 is 0 Å². The minimum Gasteiger partial charge on any atom is -0.366 e. The van der Waals surface area contributed by atoms with E-state index in [4.69, 9.17) is 0 Å². The maximum Gasteiger partial charge on any atom is 0.270 e. The molecule has 1 N–H and O–H groups in total. The largest absolute Gasteiger partial charge is 0.366 e. The van der Waals surface area contributed by atoms with Crippen molar-refractivity contribution in [2.75, 3.05) is 20.1 Å². The molecule has 6 heteroatoms. The number of thiazole rings is 1. The second kappa shape index (κ2) is 9.65. The van der Waals surface area contributed by atoms with Crippen LogP contribution in [-0.2, 0) is 6.42 Å². The molecule has 0 bridgehead atoms. The Labute approximate surface area is 166 Å². The lowest BCUT2D eigenvalue weighted by Gasteiger charge is -2.11. The molecule has 2 aromatic rings. The minimum atomic E-state index is -0.0937. The Bertz CT molecular complexity index is 811. The summed E-state index contributed by atoms with van der Waals surface area (Å²) in [6.07, 6.45) is 2.60. The maximum absolute atomic E-state index is 12.1.